The van der Waals surface area contributed by atoms with Crippen LogP contribution in [0.1, 0.15) is 17.9 Å². The van der Waals surface area contributed by atoms with Gasteiger partial charge in [0.05, 0.1) is 0 Å². The van der Waals surface area contributed by atoms with Crippen LogP contribution in [-0.2, 0) is 0 Å². The Kier molecular flexibility index (Phi) is 4.51. The van der Waals surface area contributed by atoms with Crippen LogP contribution in [0.4, 0.5) is 0 Å². The van der Waals surface area contributed by atoms with Gasteiger partial charge in [-0.2, -0.15) is 0 Å². The maximum atomic E-state index is 6.04. The topological polar surface area (TPSA) is 26.0 Å². The van der Waals surface area contributed by atoms with Gasteiger partial charge in [0, 0.05) is 5.02 Å². The van der Waals surface area contributed by atoms with E-state index in [-0.39, 0.29) is 12.4 Å². The minimum atomic E-state index is 0. The Hall–Kier alpha value is -1.02. The maximum absolute atomic E-state index is 6.04. The fourth-order valence-electron chi connectivity index (χ4n) is 2.53. The highest BCUT2D eigenvalue weighted by Gasteiger charge is 2.36. The summed E-state index contributed by atoms with van der Waals surface area (Å²) < 4.78 is 0. The van der Waals surface area contributed by atoms with E-state index in [1.165, 1.54) is 23.1 Å². The summed E-state index contributed by atoms with van der Waals surface area (Å²) >= 11 is 6.04. The Balaban J connectivity index is 0.00000133. The standard InChI is InChI=1S/C16H16ClN.ClH/c17-15-6-2-4-12(8-15)11-3-1-5-13(7-11)16-9-14(16)10-18;/h1-8,14,16H,9-10,18H2;1H/t14-,16-;/m0./s1. The van der Waals surface area contributed by atoms with Crippen molar-refractivity contribution < 1.29 is 0 Å². The first-order valence-corrected chi connectivity index (χ1v) is 6.71. The van der Waals surface area contributed by atoms with Gasteiger partial charge in [-0.3, -0.25) is 0 Å². The van der Waals surface area contributed by atoms with Gasteiger partial charge in [0.1, 0.15) is 0 Å². The van der Waals surface area contributed by atoms with Crippen LogP contribution in [0.5, 0.6) is 0 Å². The fourth-order valence-corrected chi connectivity index (χ4v) is 2.72. The molecule has 2 N–H and O–H groups in total. The van der Waals surface area contributed by atoms with Gasteiger partial charge in [-0.05, 0) is 53.6 Å². The van der Waals surface area contributed by atoms with E-state index in [0.717, 1.165) is 11.6 Å². The second-order valence-corrected chi connectivity index (χ2v) is 5.41. The summed E-state index contributed by atoms with van der Waals surface area (Å²) in [6.45, 7) is 0.798. The highest BCUT2D eigenvalue weighted by Crippen LogP contribution is 2.47. The van der Waals surface area contributed by atoms with Crippen molar-refractivity contribution >= 4 is 24.0 Å². The number of benzene rings is 2. The predicted molar refractivity (Wildman–Crippen MR) is 84.0 cm³/mol. The second kappa shape index (κ2) is 5.96. The summed E-state index contributed by atoms with van der Waals surface area (Å²) in [5.74, 6) is 1.34. The van der Waals surface area contributed by atoms with E-state index in [4.69, 9.17) is 17.3 Å². The van der Waals surface area contributed by atoms with Crippen LogP contribution in [0, 0.1) is 5.92 Å². The smallest absolute Gasteiger partial charge is 0.0412 e. The van der Waals surface area contributed by atoms with E-state index in [1.54, 1.807) is 0 Å². The molecule has 1 aliphatic rings. The van der Waals surface area contributed by atoms with E-state index in [9.17, 15) is 0 Å². The molecule has 0 aliphatic heterocycles. The average molecular weight is 294 g/mol. The van der Waals surface area contributed by atoms with Gasteiger partial charge in [0.25, 0.3) is 0 Å². The lowest BCUT2D eigenvalue weighted by Gasteiger charge is -2.05. The lowest BCUT2D eigenvalue weighted by atomic mass is 10.0. The molecular formula is C16H17Cl2N. The third-order valence-corrected chi connectivity index (χ3v) is 3.93. The Morgan fingerprint density at radius 2 is 1.74 bits per heavy atom. The Morgan fingerprint density at radius 3 is 2.37 bits per heavy atom. The third kappa shape index (κ3) is 3.11. The van der Waals surface area contributed by atoms with Gasteiger partial charge in [-0.15, -0.1) is 12.4 Å². The van der Waals surface area contributed by atoms with Crippen molar-refractivity contribution in [1.82, 2.24) is 0 Å². The molecule has 0 aromatic heterocycles. The summed E-state index contributed by atoms with van der Waals surface area (Å²) in [6.07, 6.45) is 1.23. The predicted octanol–water partition coefficient (Wildman–Crippen LogP) is 4.49. The van der Waals surface area contributed by atoms with Crippen molar-refractivity contribution in [1.29, 1.82) is 0 Å². The highest BCUT2D eigenvalue weighted by molar-refractivity contribution is 6.30. The molecule has 0 radical (unpaired) electrons. The molecule has 2 aromatic rings. The summed E-state index contributed by atoms with van der Waals surface area (Å²) in [6, 6.07) is 16.7. The molecule has 0 saturated heterocycles. The monoisotopic (exact) mass is 293 g/mol. The largest absolute Gasteiger partial charge is 0.330 e. The van der Waals surface area contributed by atoms with Crippen molar-refractivity contribution in [2.45, 2.75) is 12.3 Å². The van der Waals surface area contributed by atoms with E-state index >= 15 is 0 Å². The van der Waals surface area contributed by atoms with Gasteiger partial charge in [-0.1, -0.05) is 48.0 Å². The normalized spacial score (nSPS) is 20.7. The van der Waals surface area contributed by atoms with Crippen LogP contribution in [0.15, 0.2) is 48.5 Å². The first kappa shape index (κ1) is 14.4. The molecule has 0 bridgehead atoms. The maximum Gasteiger partial charge on any atom is 0.0412 e. The van der Waals surface area contributed by atoms with Gasteiger partial charge in [-0.25, -0.2) is 0 Å². The number of hydrogen-bond donors (Lipinski definition) is 1. The molecular weight excluding hydrogens is 277 g/mol. The van der Waals surface area contributed by atoms with Crippen LogP contribution in [0.25, 0.3) is 11.1 Å². The number of hydrogen-bond acceptors (Lipinski definition) is 1. The first-order chi connectivity index (χ1) is 8.78. The van der Waals surface area contributed by atoms with Crippen LogP contribution in [0.3, 0.4) is 0 Å². The van der Waals surface area contributed by atoms with Gasteiger partial charge in [0.2, 0.25) is 0 Å². The molecule has 100 valence electrons. The Labute approximate surface area is 125 Å². The zero-order valence-electron chi connectivity index (χ0n) is 10.6. The molecule has 2 aromatic carbocycles. The van der Waals surface area contributed by atoms with Gasteiger partial charge >= 0.3 is 0 Å². The van der Waals surface area contributed by atoms with Crippen molar-refractivity contribution in [3.63, 3.8) is 0 Å². The molecule has 3 heteroatoms. The lowest BCUT2D eigenvalue weighted by Crippen LogP contribution is -2.01. The van der Waals surface area contributed by atoms with E-state index in [0.29, 0.717) is 11.8 Å². The van der Waals surface area contributed by atoms with Crippen molar-refractivity contribution in [2.24, 2.45) is 11.7 Å². The van der Waals surface area contributed by atoms with Gasteiger partial charge < -0.3 is 5.73 Å². The van der Waals surface area contributed by atoms with Crippen molar-refractivity contribution in [2.75, 3.05) is 6.54 Å². The van der Waals surface area contributed by atoms with Crippen LogP contribution < -0.4 is 5.73 Å². The Morgan fingerprint density at radius 1 is 1.05 bits per heavy atom. The first-order valence-electron chi connectivity index (χ1n) is 6.34. The van der Waals surface area contributed by atoms with Gasteiger partial charge in [0.15, 0.2) is 0 Å². The molecule has 0 unspecified atom stereocenters. The molecule has 1 nitrogen and oxygen atoms in total. The van der Waals surface area contributed by atoms with E-state index in [1.807, 2.05) is 18.2 Å². The number of rotatable bonds is 3. The zero-order chi connectivity index (χ0) is 12.5. The summed E-state index contributed by atoms with van der Waals surface area (Å²) in [4.78, 5) is 0. The van der Waals surface area contributed by atoms with Crippen LogP contribution in [-0.4, -0.2) is 6.54 Å². The molecule has 1 fully saturated rings. The molecule has 2 atom stereocenters. The third-order valence-electron chi connectivity index (χ3n) is 3.70. The molecule has 19 heavy (non-hydrogen) atoms. The van der Waals surface area contributed by atoms with E-state index in [2.05, 4.69) is 30.3 Å². The SMILES string of the molecule is Cl.NC[C@@H]1C[C@H]1c1cccc(-c2cccc(Cl)c2)c1. The lowest BCUT2D eigenvalue weighted by molar-refractivity contribution is 0.810. The molecule has 1 aliphatic carbocycles. The average Bonchev–Trinajstić information content (AvgIpc) is 3.18. The van der Waals surface area contributed by atoms with Crippen LogP contribution >= 0.6 is 24.0 Å². The minimum absolute atomic E-state index is 0. The molecule has 3 rings (SSSR count). The zero-order valence-corrected chi connectivity index (χ0v) is 12.1. The molecule has 0 amide bonds. The van der Waals surface area contributed by atoms with Crippen molar-refractivity contribution in [3.05, 3.63) is 59.1 Å². The molecule has 0 spiro atoms. The summed E-state index contributed by atoms with van der Waals surface area (Å²) in [5.41, 5.74) is 9.53. The molecule has 0 heterocycles. The minimum Gasteiger partial charge on any atom is -0.330 e. The summed E-state index contributed by atoms with van der Waals surface area (Å²) in [7, 11) is 0. The quantitative estimate of drug-likeness (QED) is 0.886. The van der Waals surface area contributed by atoms with Crippen LogP contribution in [0.2, 0.25) is 5.02 Å². The number of halogens is 2. The fraction of sp³-hybridized carbons (Fsp3) is 0.250. The van der Waals surface area contributed by atoms with Crippen molar-refractivity contribution in [3.8, 4) is 11.1 Å². The number of nitrogens with two attached hydrogens (primary N) is 1. The Bertz CT molecular complexity index is 568. The second-order valence-electron chi connectivity index (χ2n) is 4.97. The summed E-state index contributed by atoms with van der Waals surface area (Å²) in [5, 5.41) is 0.782. The molecule has 1 saturated carbocycles. The highest BCUT2D eigenvalue weighted by atomic mass is 35.5. The van der Waals surface area contributed by atoms with E-state index < -0.39 is 0 Å².